The fourth-order valence-corrected chi connectivity index (χ4v) is 2.85. The Labute approximate surface area is 140 Å². The van der Waals surface area contributed by atoms with E-state index in [0.717, 1.165) is 11.1 Å². The molecule has 2 aromatic rings. The van der Waals surface area contributed by atoms with E-state index in [-0.39, 0.29) is 23.3 Å². The molecule has 1 amide bonds. The second-order valence-corrected chi connectivity index (χ2v) is 7.14. The molecule has 0 bridgehead atoms. The van der Waals surface area contributed by atoms with E-state index in [4.69, 9.17) is 16.7 Å². The highest BCUT2D eigenvalue weighted by Gasteiger charge is 2.13. The molecule has 0 heterocycles. The maximum atomic E-state index is 12.1. The molecule has 0 fully saturated rings. The summed E-state index contributed by atoms with van der Waals surface area (Å²) in [6.07, 6.45) is 0.180. The predicted octanol–water partition coefficient (Wildman–Crippen LogP) is 2.41. The minimum Gasteiger partial charge on any atom is -0.349 e. The summed E-state index contributed by atoms with van der Waals surface area (Å²) >= 11 is 6.03. The summed E-state index contributed by atoms with van der Waals surface area (Å²) < 4.78 is 22.4. The maximum Gasteiger partial charge on any atom is 0.238 e. The first-order valence-corrected chi connectivity index (χ1v) is 8.85. The number of primary sulfonamides is 1. The molecule has 0 unspecified atom stereocenters. The molecular formula is C16H17ClN2O3S. The molecule has 23 heavy (non-hydrogen) atoms. The molecule has 122 valence electrons. The van der Waals surface area contributed by atoms with E-state index < -0.39 is 10.0 Å². The third kappa shape index (κ3) is 4.79. The molecule has 0 spiro atoms. The molecule has 0 aliphatic carbocycles. The lowest BCUT2D eigenvalue weighted by Crippen LogP contribution is -2.28. The van der Waals surface area contributed by atoms with Crippen molar-refractivity contribution in [3.05, 3.63) is 64.7 Å². The van der Waals surface area contributed by atoms with E-state index in [1.165, 1.54) is 12.1 Å². The number of nitrogens with one attached hydrogen (secondary N) is 1. The third-order valence-corrected chi connectivity index (χ3v) is 4.69. The summed E-state index contributed by atoms with van der Waals surface area (Å²) in [5.74, 6) is -0.166. The van der Waals surface area contributed by atoms with Gasteiger partial charge >= 0.3 is 0 Å². The van der Waals surface area contributed by atoms with Gasteiger partial charge in [-0.05, 0) is 36.2 Å². The van der Waals surface area contributed by atoms with Gasteiger partial charge in [-0.1, -0.05) is 41.9 Å². The number of carbonyl (C=O) groups is 1. The van der Waals surface area contributed by atoms with Gasteiger partial charge in [-0.2, -0.15) is 0 Å². The number of sulfonamides is 1. The lowest BCUT2D eigenvalue weighted by atomic mass is 10.1. The highest BCUT2D eigenvalue weighted by molar-refractivity contribution is 7.89. The van der Waals surface area contributed by atoms with Crippen LogP contribution in [-0.4, -0.2) is 14.3 Å². The fourth-order valence-electron chi connectivity index (χ4n) is 2.14. The number of hydrogen-bond acceptors (Lipinski definition) is 3. The van der Waals surface area contributed by atoms with Crippen LogP contribution >= 0.6 is 11.6 Å². The van der Waals surface area contributed by atoms with Gasteiger partial charge in [0.2, 0.25) is 15.9 Å². The maximum absolute atomic E-state index is 12.1. The molecular weight excluding hydrogens is 336 g/mol. The van der Waals surface area contributed by atoms with E-state index in [9.17, 15) is 13.2 Å². The summed E-state index contributed by atoms with van der Waals surface area (Å²) in [6, 6.07) is 13.0. The van der Waals surface area contributed by atoms with Crippen LogP contribution in [0.1, 0.15) is 24.1 Å². The third-order valence-electron chi connectivity index (χ3n) is 3.39. The van der Waals surface area contributed by atoms with Crippen LogP contribution in [0.25, 0.3) is 0 Å². The second-order valence-electron chi connectivity index (χ2n) is 5.17. The normalized spacial score (nSPS) is 12.7. The average Bonchev–Trinajstić information content (AvgIpc) is 2.49. The van der Waals surface area contributed by atoms with E-state index in [1.807, 2.05) is 13.0 Å². The number of hydrogen-bond donors (Lipinski definition) is 2. The lowest BCUT2D eigenvalue weighted by molar-refractivity contribution is -0.121. The zero-order valence-corrected chi connectivity index (χ0v) is 14.1. The number of rotatable bonds is 5. The Kier molecular flexibility index (Phi) is 5.41. The second kappa shape index (κ2) is 7.12. The van der Waals surface area contributed by atoms with Crippen molar-refractivity contribution >= 4 is 27.5 Å². The number of amides is 1. The molecule has 0 aliphatic heterocycles. The van der Waals surface area contributed by atoms with E-state index in [1.54, 1.807) is 30.3 Å². The quantitative estimate of drug-likeness (QED) is 0.865. The van der Waals surface area contributed by atoms with Gasteiger partial charge in [0.25, 0.3) is 0 Å². The summed E-state index contributed by atoms with van der Waals surface area (Å²) in [6.45, 7) is 1.82. The van der Waals surface area contributed by atoms with E-state index in [2.05, 4.69) is 5.32 Å². The van der Waals surface area contributed by atoms with Crippen LogP contribution in [0.2, 0.25) is 5.02 Å². The van der Waals surface area contributed by atoms with Crippen LogP contribution in [0.5, 0.6) is 0 Å². The van der Waals surface area contributed by atoms with Crippen molar-refractivity contribution in [2.45, 2.75) is 24.3 Å². The van der Waals surface area contributed by atoms with Crippen LogP contribution in [0.4, 0.5) is 0 Å². The summed E-state index contributed by atoms with van der Waals surface area (Å²) in [5, 5.41) is 8.45. The standard InChI is InChI=1S/C16H17ClN2O3S/c1-11(12-6-8-14(9-7-12)23(18,21)22)19-16(20)10-13-4-2-3-5-15(13)17/h2-9,11H,10H2,1H3,(H,19,20)(H2,18,21,22)/t11-/m1/s1. The Balaban J connectivity index is 2.02. The van der Waals surface area contributed by atoms with Crippen molar-refractivity contribution in [2.75, 3.05) is 0 Å². The minimum atomic E-state index is -3.72. The first-order chi connectivity index (χ1) is 10.8. The molecule has 0 aliphatic rings. The van der Waals surface area contributed by atoms with Crippen molar-refractivity contribution in [1.29, 1.82) is 0 Å². The van der Waals surface area contributed by atoms with Crippen LogP contribution in [0, 0.1) is 0 Å². The molecule has 0 saturated heterocycles. The molecule has 2 rings (SSSR count). The Morgan fingerprint density at radius 3 is 2.35 bits per heavy atom. The molecule has 0 radical (unpaired) electrons. The predicted molar refractivity (Wildman–Crippen MR) is 89.5 cm³/mol. The highest BCUT2D eigenvalue weighted by Crippen LogP contribution is 2.18. The van der Waals surface area contributed by atoms with Gasteiger partial charge in [-0.3, -0.25) is 4.79 Å². The summed E-state index contributed by atoms with van der Waals surface area (Å²) in [7, 11) is -3.72. The average molecular weight is 353 g/mol. The Hall–Kier alpha value is -1.89. The van der Waals surface area contributed by atoms with Gasteiger partial charge in [0, 0.05) is 5.02 Å². The SMILES string of the molecule is C[C@@H](NC(=O)Cc1ccccc1Cl)c1ccc(S(N)(=O)=O)cc1. The highest BCUT2D eigenvalue weighted by atomic mass is 35.5. The number of benzene rings is 2. The van der Waals surface area contributed by atoms with Gasteiger partial charge in [0.05, 0.1) is 17.4 Å². The first-order valence-electron chi connectivity index (χ1n) is 6.93. The molecule has 5 nitrogen and oxygen atoms in total. The van der Waals surface area contributed by atoms with Crippen molar-refractivity contribution in [2.24, 2.45) is 5.14 Å². The van der Waals surface area contributed by atoms with E-state index >= 15 is 0 Å². The monoisotopic (exact) mass is 352 g/mol. The largest absolute Gasteiger partial charge is 0.349 e. The van der Waals surface area contributed by atoms with Crippen LogP contribution in [0.3, 0.4) is 0 Å². The summed E-state index contributed by atoms with van der Waals surface area (Å²) in [5.41, 5.74) is 1.54. The number of halogens is 1. The number of carbonyl (C=O) groups excluding carboxylic acids is 1. The van der Waals surface area contributed by atoms with Crippen LogP contribution < -0.4 is 10.5 Å². The van der Waals surface area contributed by atoms with Crippen molar-refractivity contribution < 1.29 is 13.2 Å². The van der Waals surface area contributed by atoms with Gasteiger partial charge in [-0.25, -0.2) is 13.6 Å². The zero-order valence-electron chi connectivity index (χ0n) is 12.5. The molecule has 1 atom stereocenters. The molecule has 3 N–H and O–H groups in total. The topological polar surface area (TPSA) is 89.3 Å². The zero-order chi connectivity index (χ0) is 17.0. The first kappa shape index (κ1) is 17.5. The molecule has 2 aromatic carbocycles. The van der Waals surface area contributed by atoms with Gasteiger partial charge in [-0.15, -0.1) is 0 Å². The molecule has 7 heteroatoms. The Morgan fingerprint density at radius 1 is 1.17 bits per heavy atom. The van der Waals surface area contributed by atoms with Crippen molar-refractivity contribution in [3.63, 3.8) is 0 Å². The van der Waals surface area contributed by atoms with E-state index in [0.29, 0.717) is 5.02 Å². The molecule has 0 aromatic heterocycles. The number of nitrogens with two attached hydrogens (primary N) is 1. The fraction of sp³-hybridized carbons (Fsp3) is 0.188. The van der Waals surface area contributed by atoms with Gasteiger partial charge in [0.15, 0.2) is 0 Å². The molecule has 0 saturated carbocycles. The van der Waals surface area contributed by atoms with Crippen molar-refractivity contribution in [3.8, 4) is 0 Å². The van der Waals surface area contributed by atoms with Gasteiger partial charge in [0.1, 0.15) is 0 Å². The Morgan fingerprint density at radius 2 is 1.78 bits per heavy atom. The Bertz CT molecular complexity index is 804. The van der Waals surface area contributed by atoms with Crippen LogP contribution in [-0.2, 0) is 21.2 Å². The lowest BCUT2D eigenvalue weighted by Gasteiger charge is -2.15. The summed E-state index contributed by atoms with van der Waals surface area (Å²) in [4.78, 5) is 12.1. The van der Waals surface area contributed by atoms with Crippen LogP contribution in [0.15, 0.2) is 53.4 Å². The van der Waals surface area contributed by atoms with Crippen molar-refractivity contribution in [1.82, 2.24) is 5.32 Å². The smallest absolute Gasteiger partial charge is 0.238 e. The van der Waals surface area contributed by atoms with Gasteiger partial charge < -0.3 is 5.32 Å². The minimum absolute atomic E-state index is 0.0378.